The van der Waals surface area contributed by atoms with Crippen molar-refractivity contribution in [2.24, 2.45) is 5.92 Å². The molecule has 0 fully saturated rings. The zero-order valence-corrected chi connectivity index (χ0v) is 12.5. The summed E-state index contributed by atoms with van der Waals surface area (Å²) in [5.74, 6) is 0.950. The standard InChI is InChI=1S/C13H20N6O2/c1-4-17-6-10(14)12(20)18(13(17)21)7-11-15-8-16-19(11)5-9(2)3/h6,8-9H,4-5,7,14H2,1-3H3. The molecule has 0 radical (unpaired) electrons. The average Bonchev–Trinajstić information content (AvgIpc) is 2.85. The molecule has 114 valence electrons. The second-order valence-electron chi connectivity index (χ2n) is 5.30. The van der Waals surface area contributed by atoms with Crippen LogP contribution in [0.15, 0.2) is 22.1 Å². The maximum absolute atomic E-state index is 12.2. The molecule has 8 nitrogen and oxygen atoms in total. The minimum atomic E-state index is -0.496. The normalized spacial score (nSPS) is 11.2. The molecule has 0 unspecified atom stereocenters. The van der Waals surface area contributed by atoms with Crippen LogP contribution in [0.4, 0.5) is 5.69 Å². The second-order valence-corrected chi connectivity index (χ2v) is 5.30. The summed E-state index contributed by atoms with van der Waals surface area (Å²) >= 11 is 0. The van der Waals surface area contributed by atoms with Crippen molar-refractivity contribution in [2.45, 2.75) is 40.4 Å². The van der Waals surface area contributed by atoms with Gasteiger partial charge in [-0.3, -0.25) is 13.9 Å². The zero-order chi connectivity index (χ0) is 15.6. The Morgan fingerprint density at radius 3 is 2.67 bits per heavy atom. The molecule has 0 bridgehead atoms. The minimum absolute atomic E-state index is 0.0476. The summed E-state index contributed by atoms with van der Waals surface area (Å²) in [6, 6.07) is 0. The van der Waals surface area contributed by atoms with E-state index in [1.54, 1.807) is 4.68 Å². The Balaban J connectivity index is 2.45. The first-order chi connectivity index (χ1) is 9.93. The lowest BCUT2D eigenvalue weighted by Gasteiger charge is -2.11. The molecule has 0 aliphatic carbocycles. The van der Waals surface area contributed by atoms with Crippen molar-refractivity contribution in [3.8, 4) is 0 Å². The smallest absolute Gasteiger partial charge is 0.331 e. The van der Waals surface area contributed by atoms with Crippen LogP contribution < -0.4 is 17.0 Å². The first-order valence-electron chi connectivity index (χ1n) is 6.90. The Bertz CT molecular complexity index is 740. The molecule has 2 heterocycles. The lowest BCUT2D eigenvalue weighted by atomic mass is 10.2. The Labute approximate surface area is 121 Å². The van der Waals surface area contributed by atoms with Crippen LogP contribution in [0.2, 0.25) is 0 Å². The quantitative estimate of drug-likeness (QED) is 0.830. The number of nitrogen functional groups attached to an aromatic ring is 1. The second kappa shape index (κ2) is 5.94. The lowest BCUT2D eigenvalue weighted by molar-refractivity contribution is 0.455. The van der Waals surface area contributed by atoms with Crippen LogP contribution >= 0.6 is 0 Å². The van der Waals surface area contributed by atoms with E-state index in [4.69, 9.17) is 5.73 Å². The van der Waals surface area contributed by atoms with Crippen molar-refractivity contribution in [1.82, 2.24) is 23.9 Å². The van der Waals surface area contributed by atoms with Gasteiger partial charge in [0.15, 0.2) is 0 Å². The van der Waals surface area contributed by atoms with Crippen molar-refractivity contribution in [1.29, 1.82) is 0 Å². The topological polar surface area (TPSA) is 101 Å². The maximum atomic E-state index is 12.2. The van der Waals surface area contributed by atoms with E-state index >= 15 is 0 Å². The van der Waals surface area contributed by atoms with Gasteiger partial charge in [-0.25, -0.2) is 14.5 Å². The lowest BCUT2D eigenvalue weighted by Crippen LogP contribution is -2.41. The molecule has 0 atom stereocenters. The molecule has 0 saturated carbocycles. The molecule has 0 aliphatic heterocycles. The van der Waals surface area contributed by atoms with E-state index < -0.39 is 11.2 Å². The highest BCUT2D eigenvalue weighted by Gasteiger charge is 2.13. The van der Waals surface area contributed by atoms with Crippen LogP contribution in [-0.2, 0) is 19.6 Å². The van der Waals surface area contributed by atoms with E-state index in [0.29, 0.717) is 24.8 Å². The molecule has 2 aromatic heterocycles. The molecule has 0 aromatic carbocycles. The van der Waals surface area contributed by atoms with Gasteiger partial charge in [-0.2, -0.15) is 5.10 Å². The number of anilines is 1. The summed E-state index contributed by atoms with van der Waals surface area (Å²) < 4.78 is 4.20. The van der Waals surface area contributed by atoms with Crippen LogP contribution in [0, 0.1) is 5.92 Å². The molecule has 2 aromatic rings. The third-order valence-electron chi connectivity index (χ3n) is 3.14. The molecule has 2 rings (SSSR count). The van der Waals surface area contributed by atoms with E-state index in [-0.39, 0.29) is 12.2 Å². The van der Waals surface area contributed by atoms with E-state index in [9.17, 15) is 9.59 Å². The SMILES string of the molecule is CCn1cc(N)c(=O)n(Cc2ncnn2CC(C)C)c1=O. The van der Waals surface area contributed by atoms with Crippen molar-refractivity contribution in [3.63, 3.8) is 0 Å². The summed E-state index contributed by atoms with van der Waals surface area (Å²) in [6.07, 6.45) is 2.80. The Morgan fingerprint density at radius 1 is 1.33 bits per heavy atom. The van der Waals surface area contributed by atoms with Crippen molar-refractivity contribution < 1.29 is 0 Å². The average molecular weight is 292 g/mol. The fourth-order valence-corrected chi connectivity index (χ4v) is 2.09. The highest BCUT2D eigenvalue weighted by molar-refractivity contribution is 5.31. The third-order valence-corrected chi connectivity index (χ3v) is 3.14. The maximum Gasteiger partial charge on any atom is 0.331 e. The van der Waals surface area contributed by atoms with Gasteiger partial charge in [0, 0.05) is 19.3 Å². The zero-order valence-electron chi connectivity index (χ0n) is 12.5. The third kappa shape index (κ3) is 3.04. The van der Waals surface area contributed by atoms with Crippen LogP contribution in [-0.4, -0.2) is 23.9 Å². The number of hydrogen-bond acceptors (Lipinski definition) is 5. The number of rotatable bonds is 5. The van der Waals surface area contributed by atoms with Gasteiger partial charge >= 0.3 is 5.69 Å². The number of nitrogens with zero attached hydrogens (tertiary/aromatic N) is 5. The summed E-state index contributed by atoms with van der Waals surface area (Å²) in [6.45, 7) is 7.12. The predicted molar refractivity (Wildman–Crippen MR) is 79.0 cm³/mol. The van der Waals surface area contributed by atoms with Gasteiger partial charge in [-0.05, 0) is 12.8 Å². The van der Waals surface area contributed by atoms with Crippen molar-refractivity contribution in [3.05, 3.63) is 39.2 Å². The Kier molecular flexibility index (Phi) is 4.25. The first-order valence-corrected chi connectivity index (χ1v) is 6.90. The highest BCUT2D eigenvalue weighted by atomic mass is 16.2. The van der Waals surface area contributed by atoms with Crippen LogP contribution in [0.25, 0.3) is 0 Å². The number of aryl methyl sites for hydroxylation is 1. The molecule has 0 aliphatic rings. The van der Waals surface area contributed by atoms with Crippen LogP contribution in [0.3, 0.4) is 0 Å². The summed E-state index contributed by atoms with van der Waals surface area (Å²) in [5, 5.41) is 4.13. The monoisotopic (exact) mass is 292 g/mol. The van der Waals surface area contributed by atoms with Crippen molar-refractivity contribution >= 4 is 5.69 Å². The predicted octanol–water partition coefficient (Wildman–Crippen LogP) is -0.0921. The number of aromatic nitrogens is 5. The molecule has 2 N–H and O–H groups in total. The molecule has 8 heteroatoms. The largest absolute Gasteiger partial charge is 0.393 e. The summed E-state index contributed by atoms with van der Waals surface area (Å²) in [7, 11) is 0. The number of hydrogen-bond donors (Lipinski definition) is 1. The molecular weight excluding hydrogens is 272 g/mol. The summed E-state index contributed by atoms with van der Waals surface area (Å²) in [4.78, 5) is 28.5. The van der Waals surface area contributed by atoms with E-state index in [1.165, 1.54) is 17.1 Å². The van der Waals surface area contributed by atoms with Gasteiger partial charge in [0.2, 0.25) is 0 Å². The minimum Gasteiger partial charge on any atom is -0.393 e. The van der Waals surface area contributed by atoms with Crippen molar-refractivity contribution in [2.75, 3.05) is 5.73 Å². The van der Waals surface area contributed by atoms with Gasteiger partial charge in [0.05, 0.1) is 6.54 Å². The van der Waals surface area contributed by atoms with Gasteiger partial charge in [-0.15, -0.1) is 0 Å². The molecule has 0 amide bonds. The Morgan fingerprint density at radius 2 is 2.05 bits per heavy atom. The molecule has 0 spiro atoms. The summed E-state index contributed by atoms with van der Waals surface area (Å²) in [5.41, 5.74) is 4.84. The molecule has 0 saturated heterocycles. The van der Waals surface area contributed by atoms with Crippen LogP contribution in [0.1, 0.15) is 26.6 Å². The fraction of sp³-hybridized carbons (Fsp3) is 0.538. The Hall–Kier alpha value is -2.38. The van der Waals surface area contributed by atoms with E-state index in [2.05, 4.69) is 23.9 Å². The van der Waals surface area contributed by atoms with Gasteiger partial charge in [0.25, 0.3) is 5.56 Å². The van der Waals surface area contributed by atoms with Crippen LogP contribution in [0.5, 0.6) is 0 Å². The first kappa shape index (κ1) is 15.0. The number of nitrogens with two attached hydrogens (primary N) is 1. The van der Waals surface area contributed by atoms with Gasteiger partial charge in [0.1, 0.15) is 17.8 Å². The van der Waals surface area contributed by atoms with E-state index in [1.807, 2.05) is 6.92 Å². The molecular formula is C13H20N6O2. The van der Waals surface area contributed by atoms with Gasteiger partial charge in [-0.1, -0.05) is 13.8 Å². The molecule has 21 heavy (non-hydrogen) atoms. The fourth-order valence-electron chi connectivity index (χ4n) is 2.09. The van der Waals surface area contributed by atoms with E-state index in [0.717, 1.165) is 4.57 Å². The highest BCUT2D eigenvalue weighted by Crippen LogP contribution is 2.02. The van der Waals surface area contributed by atoms with Gasteiger partial charge < -0.3 is 5.73 Å².